The second-order valence-corrected chi connectivity index (χ2v) is 6.87. The SMILES string of the molecule is CCCCCCCCCCCC(=O)OC(=O)c1cccc2ccccc12. The number of ether oxygens (including phenoxy) is 1. The van der Waals surface area contributed by atoms with Crippen molar-refractivity contribution in [2.24, 2.45) is 0 Å². The molecule has 0 fully saturated rings. The van der Waals surface area contributed by atoms with Gasteiger partial charge >= 0.3 is 11.9 Å². The predicted octanol–water partition coefficient (Wildman–Crippen LogP) is 6.44. The lowest BCUT2D eigenvalue weighted by molar-refractivity contribution is -0.138. The molecule has 2 rings (SSSR count). The zero-order valence-corrected chi connectivity index (χ0v) is 15.8. The van der Waals surface area contributed by atoms with Crippen LogP contribution in [0.15, 0.2) is 42.5 Å². The van der Waals surface area contributed by atoms with E-state index in [1.165, 1.54) is 38.5 Å². The molecule has 0 saturated carbocycles. The Morgan fingerprint density at radius 1 is 0.769 bits per heavy atom. The van der Waals surface area contributed by atoms with Crippen LogP contribution in [0.1, 0.15) is 81.5 Å². The number of carbonyl (C=O) groups excluding carboxylic acids is 2. The van der Waals surface area contributed by atoms with E-state index < -0.39 is 11.9 Å². The summed E-state index contributed by atoms with van der Waals surface area (Å²) in [6, 6.07) is 13.1. The summed E-state index contributed by atoms with van der Waals surface area (Å²) in [5.74, 6) is -0.978. The molecule has 0 saturated heterocycles. The van der Waals surface area contributed by atoms with Gasteiger partial charge in [-0.15, -0.1) is 0 Å². The Hall–Kier alpha value is -2.16. The first-order chi connectivity index (χ1) is 12.7. The van der Waals surface area contributed by atoms with E-state index in [0.29, 0.717) is 12.0 Å². The number of unbranched alkanes of at least 4 members (excludes halogenated alkanes) is 8. The van der Waals surface area contributed by atoms with E-state index in [9.17, 15) is 9.59 Å². The van der Waals surface area contributed by atoms with Gasteiger partial charge in [-0.05, 0) is 23.3 Å². The summed E-state index contributed by atoms with van der Waals surface area (Å²) in [6.45, 7) is 2.23. The van der Waals surface area contributed by atoms with Gasteiger partial charge in [0.25, 0.3) is 0 Å². The van der Waals surface area contributed by atoms with Gasteiger partial charge in [-0.1, -0.05) is 94.7 Å². The molecule has 3 heteroatoms. The van der Waals surface area contributed by atoms with Crippen molar-refractivity contribution in [3.8, 4) is 0 Å². The Bertz CT molecular complexity index is 700. The summed E-state index contributed by atoms with van der Waals surface area (Å²) < 4.78 is 5.04. The molecule has 0 unspecified atom stereocenters. The minimum atomic E-state index is -0.553. The third kappa shape index (κ3) is 6.62. The Labute approximate surface area is 156 Å². The summed E-state index contributed by atoms with van der Waals surface area (Å²) in [5, 5.41) is 1.78. The summed E-state index contributed by atoms with van der Waals surface area (Å²) in [4.78, 5) is 24.2. The minimum Gasteiger partial charge on any atom is -0.389 e. The van der Waals surface area contributed by atoms with Gasteiger partial charge in [0.1, 0.15) is 0 Å². The second kappa shape index (κ2) is 11.5. The molecule has 0 spiro atoms. The summed E-state index contributed by atoms with van der Waals surface area (Å²) in [7, 11) is 0. The molecule has 2 aromatic carbocycles. The van der Waals surface area contributed by atoms with Gasteiger partial charge in [0.2, 0.25) is 0 Å². The first kappa shape index (κ1) is 20.2. The number of carbonyl (C=O) groups is 2. The van der Waals surface area contributed by atoms with Crippen molar-refractivity contribution in [2.75, 3.05) is 0 Å². The molecular weight excluding hydrogens is 324 g/mol. The molecule has 26 heavy (non-hydrogen) atoms. The lowest BCUT2D eigenvalue weighted by Gasteiger charge is -2.06. The molecule has 2 aromatic rings. The second-order valence-electron chi connectivity index (χ2n) is 6.87. The van der Waals surface area contributed by atoms with Crippen LogP contribution in [-0.4, -0.2) is 11.9 Å². The molecule has 0 N–H and O–H groups in total. The van der Waals surface area contributed by atoms with Gasteiger partial charge in [-0.25, -0.2) is 4.79 Å². The van der Waals surface area contributed by atoms with Crippen LogP contribution in [0.4, 0.5) is 0 Å². The number of fused-ring (bicyclic) bond motifs is 1. The van der Waals surface area contributed by atoms with Crippen LogP contribution in [0, 0.1) is 0 Å². The monoisotopic (exact) mass is 354 g/mol. The number of hydrogen-bond donors (Lipinski definition) is 0. The van der Waals surface area contributed by atoms with E-state index in [-0.39, 0.29) is 0 Å². The van der Waals surface area contributed by atoms with Crippen LogP contribution < -0.4 is 0 Å². The molecule has 3 nitrogen and oxygen atoms in total. The minimum absolute atomic E-state index is 0.312. The maximum Gasteiger partial charge on any atom is 0.346 e. The summed E-state index contributed by atoms with van der Waals surface area (Å²) >= 11 is 0. The smallest absolute Gasteiger partial charge is 0.346 e. The summed E-state index contributed by atoms with van der Waals surface area (Å²) in [5.41, 5.74) is 0.448. The molecule has 140 valence electrons. The number of esters is 2. The highest BCUT2D eigenvalue weighted by atomic mass is 16.6. The first-order valence-electron chi connectivity index (χ1n) is 9.95. The van der Waals surface area contributed by atoms with E-state index in [1.54, 1.807) is 6.07 Å². The van der Waals surface area contributed by atoms with Crippen molar-refractivity contribution in [3.05, 3.63) is 48.0 Å². The molecular formula is C23H30O3. The van der Waals surface area contributed by atoms with Gasteiger partial charge in [-0.2, -0.15) is 0 Å². The summed E-state index contributed by atoms with van der Waals surface area (Å²) in [6.07, 6.45) is 11.0. The molecule has 0 aliphatic carbocycles. The third-order valence-electron chi connectivity index (χ3n) is 4.70. The van der Waals surface area contributed by atoms with Gasteiger partial charge in [-0.3, -0.25) is 4.79 Å². The average Bonchev–Trinajstić information content (AvgIpc) is 2.66. The molecule has 0 radical (unpaired) electrons. The molecule has 0 aliphatic heterocycles. The van der Waals surface area contributed by atoms with Crippen molar-refractivity contribution >= 4 is 22.7 Å². The zero-order chi connectivity index (χ0) is 18.6. The molecule has 0 aromatic heterocycles. The van der Waals surface area contributed by atoms with Crippen molar-refractivity contribution in [1.29, 1.82) is 0 Å². The Morgan fingerprint density at radius 2 is 1.38 bits per heavy atom. The van der Waals surface area contributed by atoms with E-state index in [0.717, 1.165) is 30.0 Å². The highest BCUT2D eigenvalue weighted by Crippen LogP contribution is 2.19. The van der Waals surface area contributed by atoms with Gasteiger partial charge in [0.15, 0.2) is 0 Å². The Kier molecular flexibility index (Phi) is 8.88. The molecule has 0 heterocycles. The standard InChI is InChI=1S/C23H30O3/c1-2-3-4-5-6-7-8-9-10-18-22(24)26-23(25)21-17-13-15-19-14-11-12-16-20(19)21/h11-17H,2-10,18H2,1H3. The number of rotatable bonds is 11. The van der Waals surface area contributed by atoms with Crippen LogP contribution in [0.3, 0.4) is 0 Å². The molecule has 0 aliphatic rings. The number of benzene rings is 2. The van der Waals surface area contributed by atoms with Crippen molar-refractivity contribution < 1.29 is 14.3 Å². The molecule has 0 bridgehead atoms. The van der Waals surface area contributed by atoms with Crippen LogP contribution in [0.5, 0.6) is 0 Å². The fourth-order valence-corrected chi connectivity index (χ4v) is 3.19. The van der Waals surface area contributed by atoms with Gasteiger partial charge in [0.05, 0.1) is 5.56 Å². The Morgan fingerprint density at radius 3 is 2.12 bits per heavy atom. The van der Waals surface area contributed by atoms with Gasteiger partial charge in [0, 0.05) is 6.42 Å². The quantitative estimate of drug-likeness (QED) is 0.265. The van der Waals surface area contributed by atoms with Crippen molar-refractivity contribution in [3.63, 3.8) is 0 Å². The highest BCUT2D eigenvalue weighted by molar-refractivity contribution is 6.07. The van der Waals surface area contributed by atoms with E-state index in [2.05, 4.69) is 6.92 Å². The lowest BCUT2D eigenvalue weighted by Crippen LogP contribution is -2.12. The van der Waals surface area contributed by atoms with Crippen LogP contribution in [0.2, 0.25) is 0 Å². The normalized spacial score (nSPS) is 10.8. The van der Waals surface area contributed by atoms with Crippen LogP contribution >= 0.6 is 0 Å². The largest absolute Gasteiger partial charge is 0.389 e. The average molecular weight is 354 g/mol. The maximum absolute atomic E-state index is 12.3. The fraction of sp³-hybridized carbons (Fsp3) is 0.478. The number of hydrogen-bond acceptors (Lipinski definition) is 3. The zero-order valence-electron chi connectivity index (χ0n) is 15.8. The lowest BCUT2D eigenvalue weighted by atomic mass is 10.0. The first-order valence-corrected chi connectivity index (χ1v) is 9.95. The molecule has 0 amide bonds. The van der Waals surface area contributed by atoms with E-state index in [4.69, 9.17) is 4.74 Å². The highest BCUT2D eigenvalue weighted by Gasteiger charge is 2.15. The van der Waals surface area contributed by atoms with E-state index >= 15 is 0 Å². The molecule has 0 atom stereocenters. The maximum atomic E-state index is 12.3. The van der Waals surface area contributed by atoms with Gasteiger partial charge < -0.3 is 4.74 Å². The van der Waals surface area contributed by atoms with Crippen LogP contribution in [-0.2, 0) is 9.53 Å². The van der Waals surface area contributed by atoms with E-state index in [1.807, 2.05) is 36.4 Å². The Balaban J connectivity index is 1.67. The van der Waals surface area contributed by atoms with Crippen molar-refractivity contribution in [2.45, 2.75) is 71.1 Å². The van der Waals surface area contributed by atoms with Crippen LogP contribution in [0.25, 0.3) is 10.8 Å². The topological polar surface area (TPSA) is 43.4 Å². The fourth-order valence-electron chi connectivity index (χ4n) is 3.19. The van der Waals surface area contributed by atoms with Crippen molar-refractivity contribution in [1.82, 2.24) is 0 Å². The predicted molar refractivity (Wildman–Crippen MR) is 106 cm³/mol. The third-order valence-corrected chi connectivity index (χ3v) is 4.70.